The molecule has 0 aliphatic heterocycles. The van der Waals surface area contributed by atoms with E-state index in [-0.39, 0.29) is 33.6 Å². The molecule has 0 saturated heterocycles. The minimum atomic E-state index is -3.82. The lowest BCUT2D eigenvalue weighted by Crippen LogP contribution is -2.13. The monoisotopic (exact) mass is 610 g/mol. The number of rotatable bonds is 8. The standard InChI is InChI=1S/C32H27FN6O4S/c1-18-7-6-8-22(11-18)44(41,42)38-25-15-26-21(12-19(25)2)14-27(37-26)31(40)23-16-36-39(32(23)34)28-17-35-30(13-20(28)3)43-29-10-5-4-9-24(29)33/h4-17,37-38H,34H2,1-3H3. The second-order valence-electron chi connectivity index (χ2n) is 10.4. The molecule has 6 aromatic rings. The van der Waals surface area contributed by atoms with Gasteiger partial charge in [0.05, 0.1) is 39.9 Å². The van der Waals surface area contributed by atoms with Crippen LogP contribution in [0.5, 0.6) is 11.6 Å². The Labute approximate surface area is 252 Å². The molecule has 0 saturated carbocycles. The molecular formula is C32H27FN6O4S. The number of aromatic nitrogens is 4. The summed E-state index contributed by atoms with van der Waals surface area (Å²) in [5.41, 5.74) is 10.5. The number of nitrogen functional groups attached to an aromatic ring is 1. The van der Waals surface area contributed by atoms with Crippen molar-refractivity contribution in [3.8, 4) is 17.3 Å². The number of H-pyrrole nitrogens is 1. The summed E-state index contributed by atoms with van der Waals surface area (Å²) in [6.45, 7) is 5.40. The van der Waals surface area contributed by atoms with Crippen LogP contribution in [0.4, 0.5) is 15.9 Å². The molecule has 222 valence electrons. The molecule has 0 radical (unpaired) electrons. The predicted octanol–water partition coefficient (Wildman–Crippen LogP) is 6.22. The smallest absolute Gasteiger partial charge is 0.261 e. The first-order valence-electron chi connectivity index (χ1n) is 13.5. The number of anilines is 2. The van der Waals surface area contributed by atoms with Crippen molar-refractivity contribution in [2.75, 3.05) is 10.5 Å². The highest BCUT2D eigenvalue weighted by atomic mass is 32.2. The van der Waals surface area contributed by atoms with Crippen molar-refractivity contribution in [1.82, 2.24) is 19.7 Å². The molecule has 12 heteroatoms. The summed E-state index contributed by atoms with van der Waals surface area (Å²) < 4.78 is 49.6. The van der Waals surface area contributed by atoms with Gasteiger partial charge in [0.1, 0.15) is 5.82 Å². The van der Waals surface area contributed by atoms with Crippen LogP contribution in [-0.4, -0.2) is 33.9 Å². The van der Waals surface area contributed by atoms with E-state index >= 15 is 0 Å². The fourth-order valence-corrected chi connectivity index (χ4v) is 6.05. The number of carbonyl (C=O) groups excluding carboxylic acids is 1. The van der Waals surface area contributed by atoms with Gasteiger partial charge >= 0.3 is 0 Å². The number of nitrogens with two attached hydrogens (primary N) is 1. The van der Waals surface area contributed by atoms with E-state index in [4.69, 9.17) is 10.5 Å². The van der Waals surface area contributed by atoms with E-state index in [9.17, 15) is 17.6 Å². The Kier molecular flexibility index (Phi) is 7.14. The molecule has 0 aliphatic carbocycles. The highest BCUT2D eigenvalue weighted by Crippen LogP contribution is 2.30. The van der Waals surface area contributed by atoms with Crippen molar-refractivity contribution in [2.24, 2.45) is 0 Å². The fourth-order valence-electron chi connectivity index (χ4n) is 4.82. The van der Waals surface area contributed by atoms with Gasteiger partial charge in [-0.2, -0.15) is 5.10 Å². The molecule has 4 N–H and O–H groups in total. The van der Waals surface area contributed by atoms with Crippen molar-refractivity contribution in [2.45, 2.75) is 25.7 Å². The number of pyridine rings is 1. The lowest BCUT2D eigenvalue weighted by atomic mass is 10.1. The Balaban J connectivity index is 1.26. The molecular weight excluding hydrogens is 583 g/mol. The number of nitrogens with zero attached hydrogens (tertiary/aromatic N) is 3. The van der Waals surface area contributed by atoms with Crippen molar-refractivity contribution < 1.29 is 22.3 Å². The molecule has 3 aromatic heterocycles. The first-order chi connectivity index (χ1) is 21.0. The summed E-state index contributed by atoms with van der Waals surface area (Å²) in [6.07, 6.45) is 2.85. The number of hydrogen-bond donors (Lipinski definition) is 3. The summed E-state index contributed by atoms with van der Waals surface area (Å²) in [4.78, 5) is 21.0. The maximum atomic E-state index is 14.0. The Hall–Kier alpha value is -5.49. The number of halogens is 1. The van der Waals surface area contributed by atoms with Gasteiger partial charge in [0.15, 0.2) is 11.6 Å². The van der Waals surface area contributed by atoms with Crippen LogP contribution in [-0.2, 0) is 10.0 Å². The number of fused-ring (bicyclic) bond motifs is 1. The second-order valence-corrected chi connectivity index (χ2v) is 12.1. The zero-order valence-electron chi connectivity index (χ0n) is 23.9. The van der Waals surface area contributed by atoms with E-state index in [1.807, 2.05) is 13.0 Å². The van der Waals surface area contributed by atoms with Crippen LogP contribution in [0.3, 0.4) is 0 Å². The summed E-state index contributed by atoms with van der Waals surface area (Å²) >= 11 is 0. The number of hydrogen-bond acceptors (Lipinski definition) is 7. The van der Waals surface area contributed by atoms with Crippen LogP contribution in [0, 0.1) is 26.6 Å². The highest BCUT2D eigenvalue weighted by Gasteiger charge is 2.22. The summed E-state index contributed by atoms with van der Waals surface area (Å²) in [5, 5.41) is 5.04. The molecule has 0 unspecified atom stereocenters. The maximum Gasteiger partial charge on any atom is 0.261 e. The fraction of sp³-hybridized carbons (Fsp3) is 0.0938. The van der Waals surface area contributed by atoms with E-state index < -0.39 is 21.6 Å². The number of sulfonamides is 1. The number of ether oxygens (including phenoxy) is 1. The molecule has 3 aromatic carbocycles. The molecule has 10 nitrogen and oxygen atoms in total. The second kappa shape index (κ2) is 11.0. The average molecular weight is 611 g/mol. The van der Waals surface area contributed by atoms with E-state index in [0.29, 0.717) is 28.0 Å². The van der Waals surface area contributed by atoms with Gasteiger partial charge in [0.2, 0.25) is 11.7 Å². The predicted molar refractivity (Wildman–Crippen MR) is 165 cm³/mol. The number of nitrogens with one attached hydrogen (secondary N) is 2. The zero-order valence-corrected chi connectivity index (χ0v) is 24.7. The van der Waals surface area contributed by atoms with Gasteiger partial charge in [-0.15, -0.1) is 0 Å². The third-order valence-electron chi connectivity index (χ3n) is 7.14. The van der Waals surface area contributed by atoms with Crippen LogP contribution in [0.25, 0.3) is 16.6 Å². The number of carbonyl (C=O) groups is 1. The highest BCUT2D eigenvalue weighted by molar-refractivity contribution is 7.92. The zero-order chi connectivity index (χ0) is 31.2. The van der Waals surface area contributed by atoms with E-state index in [1.165, 1.54) is 35.3 Å². The van der Waals surface area contributed by atoms with Crippen molar-refractivity contribution >= 4 is 38.2 Å². The van der Waals surface area contributed by atoms with Gasteiger partial charge in [-0.25, -0.2) is 22.5 Å². The van der Waals surface area contributed by atoms with Gasteiger partial charge < -0.3 is 15.5 Å². The number of aromatic amines is 1. The van der Waals surface area contributed by atoms with Crippen molar-refractivity contribution in [1.29, 1.82) is 0 Å². The largest absolute Gasteiger partial charge is 0.436 e. The summed E-state index contributed by atoms with van der Waals surface area (Å²) in [6, 6.07) is 19.4. The van der Waals surface area contributed by atoms with Crippen LogP contribution in [0.15, 0.2) is 90.1 Å². The van der Waals surface area contributed by atoms with Crippen LogP contribution < -0.4 is 15.2 Å². The molecule has 0 aliphatic rings. The molecule has 0 atom stereocenters. The van der Waals surface area contributed by atoms with E-state index in [0.717, 1.165) is 10.9 Å². The minimum absolute atomic E-state index is 0.0444. The van der Waals surface area contributed by atoms with E-state index in [1.54, 1.807) is 62.4 Å². The molecule has 44 heavy (non-hydrogen) atoms. The normalized spacial score (nSPS) is 11.5. The van der Waals surface area contributed by atoms with Crippen LogP contribution in [0.1, 0.15) is 32.7 Å². The minimum Gasteiger partial charge on any atom is -0.436 e. The third kappa shape index (κ3) is 5.38. The van der Waals surface area contributed by atoms with Gasteiger partial charge in [0, 0.05) is 17.0 Å². The maximum absolute atomic E-state index is 14.0. The van der Waals surface area contributed by atoms with Crippen LogP contribution in [0.2, 0.25) is 0 Å². The van der Waals surface area contributed by atoms with E-state index in [2.05, 4.69) is 19.8 Å². The summed E-state index contributed by atoms with van der Waals surface area (Å²) in [5.74, 6) is -0.573. The van der Waals surface area contributed by atoms with Gasteiger partial charge in [0.25, 0.3) is 10.0 Å². The number of benzene rings is 3. The molecule has 0 fully saturated rings. The first kappa shape index (κ1) is 28.6. The van der Waals surface area contributed by atoms with Gasteiger partial charge in [-0.05, 0) is 79.9 Å². The Morgan fingerprint density at radius 1 is 0.977 bits per heavy atom. The van der Waals surface area contributed by atoms with Crippen molar-refractivity contribution in [3.63, 3.8) is 0 Å². The van der Waals surface area contributed by atoms with Crippen molar-refractivity contribution in [3.05, 3.63) is 119 Å². The first-order valence-corrected chi connectivity index (χ1v) is 15.0. The molecule has 0 amide bonds. The lowest BCUT2D eigenvalue weighted by molar-refractivity contribution is 0.103. The molecule has 6 rings (SSSR count). The lowest BCUT2D eigenvalue weighted by Gasteiger charge is -2.11. The topological polar surface area (TPSA) is 145 Å². The van der Waals surface area contributed by atoms with Crippen LogP contribution >= 0.6 is 0 Å². The van der Waals surface area contributed by atoms with Gasteiger partial charge in [-0.1, -0.05) is 24.3 Å². The third-order valence-corrected chi connectivity index (χ3v) is 8.51. The van der Waals surface area contributed by atoms with Gasteiger partial charge in [-0.3, -0.25) is 9.52 Å². The summed E-state index contributed by atoms with van der Waals surface area (Å²) in [7, 11) is -3.82. The quantitative estimate of drug-likeness (QED) is 0.174. The average Bonchev–Trinajstić information content (AvgIpc) is 3.57. The molecule has 0 spiro atoms. The molecule has 0 bridgehead atoms. The number of aryl methyl sites for hydroxylation is 3. The number of ketones is 1. The SMILES string of the molecule is Cc1cccc(S(=O)(=O)Nc2cc3[nH]c(C(=O)c4cnn(-c5cnc(Oc6ccccc6F)cc5C)c4N)cc3cc2C)c1. The Morgan fingerprint density at radius 2 is 1.77 bits per heavy atom. The Bertz CT molecular complexity index is 2190. The Morgan fingerprint density at radius 3 is 2.52 bits per heavy atom. The molecule has 3 heterocycles. The number of para-hydroxylation sites is 1.